The van der Waals surface area contributed by atoms with Crippen LogP contribution in [0.3, 0.4) is 0 Å². The third-order valence-corrected chi connectivity index (χ3v) is 5.88. The average Bonchev–Trinajstić information content (AvgIpc) is 2.82. The van der Waals surface area contributed by atoms with E-state index in [1.165, 1.54) is 4.90 Å². The molecule has 3 rings (SSSR count). The van der Waals surface area contributed by atoms with Crippen LogP contribution in [0.2, 0.25) is 0 Å². The highest BCUT2D eigenvalue weighted by Gasteiger charge is 2.37. The lowest BCUT2D eigenvalue weighted by Gasteiger charge is -2.34. The van der Waals surface area contributed by atoms with Crippen LogP contribution < -0.4 is 10.1 Å². The van der Waals surface area contributed by atoms with Crippen molar-refractivity contribution in [3.05, 3.63) is 71.4 Å². The minimum absolute atomic E-state index is 0.00121. The first-order chi connectivity index (χ1) is 16.3. The van der Waals surface area contributed by atoms with Crippen molar-refractivity contribution in [1.82, 2.24) is 10.2 Å². The van der Waals surface area contributed by atoms with Gasteiger partial charge < -0.3 is 19.7 Å². The van der Waals surface area contributed by atoms with Gasteiger partial charge in [-0.1, -0.05) is 37.3 Å². The van der Waals surface area contributed by atoms with Gasteiger partial charge in [0.15, 0.2) is 0 Å². The van der Waals surface area contributed by atoms with E-state index >= 15 is 0 Å². The molecule has 0 fully saturated rings. The molecule has 1 N–H and O–H groups in total. The molecule has 1 heterocycles. The van der Waals surface area contributed by atoms with Crippen LogP contribution in [0.25, 0.3) is 0 Å². The molecule has 2 aromatic rings. The highest BCUT2D eigenvalue weighted by molar-refractivity contribution is 5.97. The van der Waals surface area contributed by atoms with Crippen LogP contribution in [0.15, 0.2) is 65.9 Å². The fourth-order valence-corrected chi connectivity index (χ4v) is 3.95. The predicted molar refractivity (Wildman–Crippen MR) is 129 cm³/mol. The molecule has 0 radical (unpaired) electrons. The summed E-state index contributed by atoms with van der Waals surface area (Å²) in [4.78, 5) is 40.0. The summed E-state index contributed by atoms with van der Waals surface area (Å²) in [6.45, 7) is 7.38. The van der Waals surface area contributed by atoms with Gasteiger partial charge in [-0.25, -0.2) is 4.79 Å². The Kier molecular flexibility index (Phi) is 8.46. The van der Waals surface area contributed by atoms with Crippen LogP contribution in [0.4, 0.5) is 0 Å². The second-order valence-corrected chi connectivity index (χ2v) is 8.32. The molecule has 0 spiro atoms. The number of para-hydroxylation sites is 1. The van der Waals surface area contributed by atoms with E-state index < -0.39 is 11.9 Å². The fraction of sp³-hybridized carbons (Fsp3) is 0.370. The molecule has 0 aromatic heterocycles. The summed E-state index contributed by atoms with van der Waals surface area (Å²) in [5.41, 5.74) is 1.59. The van der Waals surface area contributed by atoms with Gasteiger partial charge in [0.25, 0.3) is 0 Å². The van der Waals surface area contributed by atoms with Crippen molar-refractivity contribution in [3.63, 3.8) is 0 Å². The Labute approximate surface area is 200 Å². The number of rotatable bonds is 9. The van der Waals surface area contributed by atoms with Crippen LogP contribution in [-0.2, 0) is 19.1 Å². The van der Waals surface area contributed by atoms with Crippen molar-refractivity contribution >= 4 is 17.8 Å². The lowest BCUT2D eigenvalue weighted by molar-refractivity contribution is -0.141. The summed E-state index contributed by atoms with van der Waals surface area (Å²) >= 11 is 0. The molecule has 7 nitrogen and oxygen atoms in total. The maximum absolute atomic E-state index is 13.1. The number of benzene rings is 2. The second-order valence-electron chi connectivity index (χ2n) is 8.32. The van der Waals surface area contributed by atoms with Crippen LogP contribution in [0.5, 0.6) is 11.5 Å². The third kappa shape index (κ3) is 6.04. The van der Waals surface area contributed by atoms with Crippen molar-refractivity contribution < 1.29 is 23.9 Å². The highest BCUT2D eigenvalue weighted by atomic mass is 16.5. The summed E-state index contributed by atoms with van der Waals surface area (Å²) < 4.78 is 11.3. The van der Waals surface area contributed by atoms with Gasteiger partial charge in [-0.3, -0.25) is 9.59 Å². The zero-order valence-corrected chi connectivity index (χ0v) is 20.2. The molecule has 0 bridgehead atoms. The number of carbonyl (C=O) groups excluding carboxylic acids is 3. The number of allylic oxidation sites excluding steroid dienone is 1. The van der Waals surface area contributed by atoms with Crippen molar-refractivity contribution in [2.45, 2.75) is 52.5 Å². The summed E-state index contributed by atoms with van der Waals surface area (Å²) in [7, 11) is 0. The number of amides is 2. The maximum atomic E-state index is 13.1. The Balaban J connectivity index is 1.93. The van der Waals surface area contributed by atoms with E-state index in [0.717, 1.165) is 12.0 Å². The van der Waals surface area contributed by atoms with E-state index in [0.29, 0.717) is 22.8 Å². The van der Waals surface area contributed by atoms with Crippen LogP contribution in [0, 0.1) is 0 Å². The number of carbonyl (C=O) groups is 3. The minimum atomic E-state index is -0.500. The number of nitrogens with zero attached hydrogens (tertiary/aromatic N) is 1. The van der Waals surface area contributed by atoms with E-state index in [-0.39, 0.29) is 37.4 Å². The minimum Gasteiger partial charge on any atom is -0.463 e. The topological polar surface area (TPSA) is 84.9 Å². The summed E-state index contributed by atoms with van der Waals surface area (Å²) in [5.74, 6) is -0.173. The first-order valence-electron chi connectivity index (χ1n) is 11.6. The maximum Gasteiger partial charge on any atom is 0.336 e. The van der Waals surface area contributed by atoms with Gasteiger partial charge in [0, 0.05) is 24.1 Å². The summed E-state index contributed by atoms with van der Waals surface area (Å²) in [5, 5.41) is 2.87. The number of hydrogen-bond donors (Lipinski definition) is 1. The van der Waals surface area contributed by atoms with E-state index in [4.69, 9.17) is 9.47 Å². The highest BCUT2D eigenvalue weighted by Crippen LogP contribution is 2.38. The standard InChI is InChI=1S/C27H32N2O5/c1-5-18(3)28-24(30)17-29-19(4)26(27(32)33-6-2)23(16-25(29)31)20-11-10-14-22(15-20)34-21-12-8-7-9-13-21/h7-15,18,23H,5-6,16-17H2,1-4H3,(H,28,30). The SMILES string of the molecule is CCOC(=O)C1=C(C)N(CC(=O)NC(C)CC)C(=O)CC1c1cccc(Oc2ccccc2)c1. The largest absolute Gasteiger partial charge is 0.463 e. The van der Waals surface area contributed by atoms with E-state index in [9.17, 15) is 14.4 Å². The van der Waals surface area contributed by atoms with Crippen molar-refractivity contribution in [1.29, 1.82) is 0 Å². The van der Waals surface area contributed by atoms with Gasteiger partial charge in [0.2, 0.25) is 11.8 Å². The van der Waals surface area contributed by atoms with E-state index in [1.807, 2.05) is 68.4 Å². The quantitative estimate of drug-likeness (QED) is 0.551. The van der Waals surface area contributed by atoms with Gasteiger partial charge in [-0.2, -0.15) is 0 Å². The average molecular weight is 465 g/mol. The molecule has 1 aliphatic heterocycles. The van der Waals surface area contributed by atoms with Crippen LogP contribution >= 0.6 is 0 Å². The van der Waals surface area contributed by atoms with Crippen LogP contribution in [-0.4, -0.2) is 41.9 Å². The Morgan fingerprint density at radius 3 is 2.47 bits per heavy atom. The zero-order valence-electron chi connectivity index (χ0n) is 20.2. The molecule has 0 saturated carbocycles. The number of nitrogens with one attached hydrogen (secondary N) is 1. The lowest BCUT2D eigenvalue weighted by Crippen LogP contribution is -2.45. The van der Waals surface area contributed by atoms with E-state index in [2.05, 4.69) is 5.32 Å². The van der Waals surface area contributed by atoms with E-state index in [1.54, 1.807) is 13.8 Å². The summed E-state index contributed by atoms with van der Waals surface area (Å²) in [6, 6.07) is 16.8. The number of ether oxygens (including phenoxy) is 2. The Hall–Kier alpha value is -3.61. The van der Waals surface area contributed by atoms with Gasteiger partial charge in [-0.05, 0) is 57.0 Å². The molecule has 0 saturated heterocycles. The molecule has 180 valence electrons. The van der Waals surface area contributed by atoms with Crippen molar-refractivity contribution in [3.8, 4) is 11.5 Å². The first-order valence-corrected chi connectivity index (χ1v) is 11.6. The fourth-order valence-electron chi connectivity index (χ4n) is 3.95. The monoisotopic (exact) mass is 464 g/mol. The Bertz CT molecular complexity index is 1060. The molecule has 7 heteroatoms. The Morgan fingerprint density at radius 2 is 1.79 bits per heavy atom. The molecule has 0 aliphatic carbocycles. The Morgan fingerprint density at radius 1 is 1.09 bits per heavy atom. The predicted octanol–water partition coefficient (Wildman–Crippen LogP) is 4.55. The lowest BCUT2D eigenvalue weighted by atomic mass is 9.83. The zero-order chi connectivity index (χ0) is 24.7. The first kappa shape index (κ1) is 25.0. The smallest absolute Gasteiger partial charge is 0.336 e. The molecule has 2 amide bonds. The second kappa shape index (κ2) is 11.5. The molecule has 34 heavy (non-hydrogen) atoms. The number of esters is 1. The van der Waals surface area contributed by atoms with Crippen molar-refractivity contribution in [2.75, 3.05) is 13.2 Å². The van der Waals surface area contributed by atoms with Gasteiger partial charge in [0.05, 0.1) is 12.2 Å². The molecule has 1 aliphatic rings. The number of hydrogen-bond acceptors (Lipinski definition) is 5. The van der Waals surface area contributed by atoms with Gasteiger partial charge >= 0.3 is 5.97 Å². The normalized spacial score (nSPS) is 16.8. The van der Waals surface area contributed by atoms with Crippen molar-refractivity contribution in [2.24, 2.45) is 0 Å². The molecule has 2 unspecified atom stereocenters. The van der Waals surface area contributed by atoms with Gasteiger partial charge in [0.1, 0.15) is 18.0 Å². The van der Waals surface area contributed by atoms with Crippen LogP contribution in [0.1, 0.15) is 52.0 Å². The summed E-state index contributed by atoms with van der Waals surface area (Å²) in [6.07, 6.45) is 0.836. The van der Waals surface area contributed by atoms with Gasteiger partial charge in [-0.15, -0.1) is 0 Å². The molecular formula is C27H32N2O5. The molecule has 2 aromatic carbocycles. The molecular weight excluding hydrogens is 432 g/mol. The molecule has 2 atom stereocenters. The third-order valence-electron chi connectivity index (χ3n) is 5.88.